The third-order valence-corrected chi connectivity index (χ3v) is 4.37. The predicted molar refractivity (Wildman–Crippen MR) is 39.4 cm³/mol. The molecule has 0 spiro atoms. The Morgan fingerprint density at radius 2 is 1.42 bits per heavy atom. The third-order valence-electron chi connectivity index (χ3n) is 4.37. The Balaban J connectivity index is 1.91. The number of fused-ring (bicyclic) bond motifs is 2. The first kappa shape index (κ1) is 6.35. The molecule has 2 aliphatic heterocycles. The predicted octanol–water partition coefficient (Wildman–Crippen LogP) is -0.363. The Kier molecular flexibility index (Phi) is 0.908. The van der Waals surface area contributed by atoms with Crippen LogP contribution in [0.4, 0.5) is 0 Å². The lowest BCUT2D eigenvalue weighted by atomic mass is 9.82. The summed E-state index contributed by atoms with van der Waals surface area (Å²) < 4.78 is 11.3. The molecule has 3 nitrogen and oxygen atoms in total. The molecule has 4 aliphatic rings. The topological polar surface area (TPSA) is 38.7 Å². The van der Waals surface area contributed by atoms with Crippen LogP contribution in [0.2, 0.25) is 0 Å². The van der Waals surface area contributed by atoms with E-state index in [1.807, 2.05) is 0 Å². The van der Waals surface area contributed by atoms with E-state index in [4.69, 9.17) is 9.47 Å². The van der Waals surface area contributed by atoms with Gasteiger partial charge in [-0.05, 0) is 11.8 Å². The Labute approximate surface area is 70.7 Å². The third kappa shape index (κ3) is 0.444. The van der Waals surface area contributed by atoms with E-state index in [0.29, 0.717) is 23.7 Å². The van der Waals surface area contributed by atoms with Gasteiger partial charge in [-0.2, -0.15) is 0 Å². The summed E-state index contributed by atoms with van der Waals surface area (Å²) in [4.78, 5) is 0. The lowest BCUT2D eigenvalue weighted by molar-refractivity contribution is -0.0226. The Hall–Kier alpha value is -0.120. The molecule has 6 unspecified atom stereocenters. The van der Waals surface area contributed by atoms with Crippen LogP contribution in [-0.4, -0.2) is 36.6 Å². The first-order chi connectivity index (χ1) is 5.88. The second-order valence-corrected chi connectivity index (χ2v) is 4.57. The first-order valence-corrected chi connectivity index (χ1v) is 4.79. The average Bonchev–Trinajstić information content (AvgIpc) is 2.62. The summed E-state index contributed by atoms with van der Waals surface area (Å²) in [6.45, 7) is 1.74. The smallest absolute Gasteiger partial charge is 0.0897 e. The van der Waals surface area contributed by atoms with Gasteiger partial charge in [-0.1, -0.05) is 0 Å². The van der Waals surface area contributed by atoms with Crippen molar-refractivity contribution in [2.45, 2.75) is 18.3 Å². The van der Waals surface area contributed by atoms with Gasteiger partial charge in [0.25, 0.3) is 0 Å². The molecular formula is C9H12O3. The van der Waals surface area contributed by atoms with Crippen molar-refractivity contribution in [3.05, 3.63) is 0 Å². The fraction of sp³-hybridized carbons (Fsp3) is 1.00. The van der Waals surface area contributed by atoms with Crippen LogP contribution in [0.5, 0.6) is 0 Å². The molecule has 2 saturated carbocycles. The van der Waals surface area contributed by atoms with E-state index < -0.39 is 0 Å². The minimum Gasteiger partial charge on any atom is -0.392 e. The zero-order valence-corrected chi connectivity index (χ0v) is 6.72. The molecule has 2 heterocycles. The highest BCUT2D eigenvalue weighted by Gasteiger charge is 2.70. The van der Waals surface area contributed by atoms with Crippen LogP contribution in [-0.2, 0) is 9.47 Å². The van der Waals surface area contributed by atoms with Crippen LogP contribution in [0.1, 0.15) is 0 Å². The summed E-state index contributed by atoms with van der Waals surface area (Å²) in [6, 6.07) is 0. The summed E-state index contributed by atoms with van der Waals surface area (Å²) in [5.41, 5.74) is 0. The second kappa shape index (κ2) is 1.72. The highest BCUT2D eigenvalue weighted by Crippen LogP contribution is 2.61. The van der Waals surface area contributed by atoms with Gasteiger partial charge in [0, 0.05) is 11.8 Å². The summed E-state index contributed by atoms with van der Waals surface area (Å²) in [5, 5.41) is 9.93. The summed E-state index contributed by atoms with van der Waals surface area (Å²) in [7, 11) is 0. The van der Waals surface area contributed by atoms with Crippen LogP contribution >= 0.6 is 0 Å². The zero-order valence-electron chi connectivity index (χ0n) is 6.72. The van der Waals surface area contributed by atoms with E-state index in [1.165, 1.54) is 0 Å². The molecular weight excluding hydrogens is 156 g/mol. The zero-order chi connectivity index (χ0) is 7.87. The lowest BCUT2D eigenvalue weighted by Crippen LogP contribution is -2.30. The number of aliphatic hydroxyl groups is 1. The van der Waals surface area contributed by atoms with Crippen LogP contribution in [0.25, 0.3) is 0 Å². The molecule has 0 amide bonds. The molecule has 3 heteroatoms. The molecule has 6 atom stereocenters. The lowest BCUT2D eigenvalue weighted by Gasteiger charge is -2.20. The average molecular weight is 168 g/mol. The molecule has 2 bridgehead atoms. The minimum atomic E-state index is -0.125. The maximum Gasteiger partial charge on any atom is 0.0897 e. The van der Waals surface area contributed by atoms with Gasteiger partial charge in [0.05, 0.1) is 31.5 Å². The molecule has 0 aromatic heterocycles. The molecule has 2 aliphatic carbocycles. The van der Waals surface area contributed by atoms with Crippen LogP contribution in [0, 0.1) is 23.7 Å². The fourth-order valence-corrected chi connectivity index (χ4v) is 3.97. The van der Waals surface area contributed by atoms with E-state index in [2.05, 4.69) is 0 Å². The largest absolute Gasteiger partial charge is 0.392 e. The second-order valence-electron chi connectivity index (χ2n) is 4.57. The van der Waals surface area contributed by atoms with E-state index in [-0.39, 0.29) is 18.3 Å². The van der Waals surface area contributed by atoms with Crippen molar-refractivity contribution in [1.82, 2.24) is 0 Å². The number of aliphatic hydroxyl groups excluding tert-OH is 1. The Morgan fingerprint density at radius 3 is 1.92 bits per heavy atom. The van der Waals surface area contributed by atoms with Gasteiger partial charge in [-0.3, -0.25) is 0 Å². The summed E-state index contributed by atoms with van der Waals surface area (Å²) in [5.74, 6) is 2.03. The normalized spacial score (nSPS) is 71.2. The molecule has 2 saturated heterocycles. The Bertz CT molecular complexity index is 198. The molecule has 0 aromatic carbocycles. The highest BCUT2D eigenvalue weighted by atomic mass is 16.6. The molecule has 0 radical (unpaired) electrons. The number of rotatable bonds is 0. The van der Waals surface area contributed by atoms with Crippen molar-refractivity contribution in [2.75, 3.05) is 13.2 Å². The van der Waals surface area contributed by atoms with E-state index in [9.17, 15) is 5.11 Å². The summed E-state index contributed by atoms with van der Waals surface area (Å²) >= 11 is 0. The SMILES string of the molecule is OC1C2C3COC2C2OCC3C12. The van der Waals surface area contributed by atoms with Gasteiger partial charge in [0.1, 0.15) is 0 Å². The van der Waals surface area contributed by atoms with E-state index >= 15 is 0 Å². The first-order valence-electron chi connectivity index (χ1n) is 4.79. The summed E-state index contributed by atoms with van der Waals surface area (Å²) in [6.07, 6.45) is 0.336. The fourth-order valence-electron chi connectivity index (χ4n) is 3.97. The monoisotopic (exact) mass is 168 g/mol. The van der Waals surface area contributed by atoms with Gasteiger partial charge in [0.15, 0.2) is 0 Å². The van der Waals surface area contributed by atoms with E-state index in [0.717, 1.165) is 13.2 Å². The maximum absolute atomic E-state index is 9.93. The molecule has 0 aromatic rings. The molecule has 66 valence electrons. The van der Waals surface area contributed by atoms with Gasteiger partial charge in [-0.25, -0.2) is 0 Å². The molecule has 4 fully saturated rings. The van der Waals surface area contributed by atoms with Crippen molar-refractivity contribution < 1.29 is 14.6 Å². The van der Waals surface area contributed by atoms with Crippen molar-refractivity contribution in [3.8, 4) is 0 Å². The molecule has 1 N–H and O–H groups in total. The van der Waals surface area contributed by atoms with Crippen LogP contribution in [0.15, 0.2) is 0 Å². The van der Waals surface area contributed by atoms with Crippen molar-refractivity contribution in [3.63, 3.8) is 0 Å². The maximum atomic E-state index is 9.93. The van der Waals surface area contributed by atoms with E-state index in [1.54, 1.807) is 0 Å². The van der Waals surface area contributed by atoms with Crippen molar-refractivity contribution in [2.24, 2.45) is 23.7 Å². The molecule has 4 rings (SSSR count). The van der Waals surface area contributed by atoms with Gasteiger partial charge >= 0.3 is 0 Å². The number of ether oxygens (including phenoxy) is 2. The van der Waals surface area contributed by atoms with Gasteiger partial charge < -0.3 is 14.6 Å². The van der Waals surface area contributed by atoms with Crippen LogP contribution < -0.4 is 0 Å². The minimum absolute atomic E-state index is 0.125. The van der Waals surface area contributed by atoms with Crippen molar-refractivity contribution >= 4 is 0 Å². The van der Waals surface area contributed by atoms with Gasteiger partial charge in [-0.15, -0.1) is 0 Å². The van der Waals surface area contributed by atoms with Crippen molar-refractivity contribution in [1.29, 1.82) is 0 Å². The molecule has 12 heavy (non-hydrogen) atoms. The number of hydrogen-bond donors (Lipinski definition) is 1. The standard InChI is InChI=1S/C9H12O3/c10-7-5-3-1-11-8(5)9-6(7)4(3)2-12-9/h3-10H,1-2H2. The Morgan fingerprint density at radius 1 is 0.917 bits per heavy atom. The van der Waals surface area contributed by atoms with Gasteiger partial charge in [0.2, 0.25) is 0 Å². The number of hydrogen-bond acceptors (Lipinski definition) is 3. The highest BCUT2D eigenvalue weighted by molar-refractivity contribution is 5.17. The van der Waals surface area contributed by atoms with Crippen LogP contribution in [0.3, 0.4) is 0 Å². The quantitative estimate of drug-likeness (QED) is 0.536.